The molecular formula is C25H26ClNO5. The van der Waals surface area contributed by atoms with Crippen LogP contribution >= 0.6 is 11.6 Å². The highest BCUT2D eigenvalue weighted by atomic mass is 35.5. The van der Waals surface area contributed by atoms with Crippen molar-refractivity contribution in [2.24, 2.45) is 23.7 Å². The predicted octanol–water partition coefficient (Wildman–Crippen LogP) is 4.70. The number of rotatable bonds is 3. The lowest BCUT2D eigenvalue weighted by Gasteiger charge is -2.69. The summed E-state index contributed by atoms with van der Waals surface area (Å²) in [6.45, 7) is 0. The first-order chi connectivity index (χ1) is 15.5. The molecule has 2 heterocycles. The molecule has 0 aromatic carbocycles. The van der Waals surface area contributed by atoms with Crippen LogP contribution in [0.3, 0.4) is 0 Å². The van der Waals surface area contributed by atoms with Gasteiger partial charge in [0.2, 0.25) is 5.78 Å². The number of ketones is 1. The van der Waals surface area contributed by atoms with Crippen LogP contribution in [0.1, 0.15) is 32.1 Å². The van der Waals surface area contributed by atoms with Crippen molar-refractivity contribution in [3.05, 3.63) is 70.6 Å². The Hall–Kier alpha value is -1.96. The first-order valence-corrected chi connectivity index (χ1v) is 11.6. The molecule has 0 radical (unpaired) electrons. The molecule has 2 aliphatic heterocycles. The molecule has 4 bridgehead atoms. The van der Waals surface area contributed by atoms with Gasteiger partial charge < -0.3 is 4.74 Å². The van der Waals surface area contributed by atoms with E-state index in [2.05, 4.69) is 0 Å². The maximum absolute atomic E-state index is 13.2. The number of allylic oxidation sites excluding steroid dienone is 8. The Morgan fingerprint density at radius 1 is 1.03 bits per heavy atom. The van der Waals surface area contributed by atoms with Gasteiger partial charge in [-0.3, -0.25) is 10.0 Å². The summed E-state index contributed by atoms with van der Waals surface area (Å²) in [4.78, 5) is 24.9. The smallest absolute Gasteiger partial charge is 0.262 e. The minimum Gasteiger partial charge on any atom is -0.345 e. The highest BCUT2D eigenvalue weighted by molar-refractivity contribution is 6.46. The Kier molecular flexibility index (Phi) is 4.69. The number of hydroxylamine groups is 2. The molecular weight excluding hydrogens is 430 g/mol. The largest absolute Gasteiger partial charge is 0.345 e. The zero-order valence-corrected chi connectivity index (χ0v) is 18.6. The summed E-state index contributed by atoms with van der Waals surface area (Å²) < 4.78 is 6.04. The van der Waals surface area contributed by atoms with Gasteiger partial charge in [-0.2, -0.15) is 4.89 Å². The Labute approximate surface area is 192 Å². The van der Waals surface area contributed by atoms with Crippen LogP contribution in [0.15, 0.2) is 70.6 Å². The van der Waals surface area contributed by atoms with Gasteiger partial charge in [0, 0.05) is 30.7 Å². The highest BCUT2D eigenvalue weighted by Crippen LogP contribution is 2.68. The summed E-state index contributed by atoms with van der Waals surface area (Å²) in [6, 6.07) is 0. The summed E-state index contributed by atoms with van der Waals surface area (Å²) >= 11 is 6.67. The molecule has 1 unspecified atom stereocenters. The normalized spacial score (nSPS) is 43.1. The molecule has 168 valence electrons. The lowest BCUT2D eigenvalue weighted by atomic mass is 9.47. The van der Waals surface area contributed by atoms with Crippen LogP contribution in [-0.2, 0) is 19.3 Å². The molecule has 5 fully saturated rings. The van der Waals surface area contributed by atoms with Gasteiger partial charge in [0.25, 0.3) is 5.79 Å². The van der Waals surface area contributed by atoms with Gasteiger partial charge in [-0.05, 0) is 73.5 Å². The quantitative estimate of drug-likeness (QED) is 0.491. The zero-order chi connectivity index (χ0) is 22.1. The van der Waals surface area contributed by atoms with E-state index >= 15 is 0 Å². The predicted molar refractivity (Wildman–Crippen MR) is 117 cm³/mol. The monoisotopic (exact) mass is 455 g/mol. The van der Waals surface area contributed by atoms with Crippen molar-refractivity contribution in [3.63, 3.8) is 0 Å². The van der Waals surface area contributed by atoms with E-state index in [4.69, 9.17) is 26.1 Å². The Balaban J connectivity index is 1.33. The minimum absolute atomic E-state index is 0.117. The molecule has 0 aromatic heterocycles. The van der Waals surface area contributed by atoms with E-state index in [9.17, 15) is 10.0 Å². The van der Waals surface area contributed by atoms with Crippen molar-refractivity contribution in [3.8, 4) is 0 Å². The second-order valence-corrected chi connectivity index (χ2v) is 10.2. The van der Waals surface area contributed by atoms with E-state index in [1.165, 1.54) is 18.8 Å². The number of halogens is 1. The number of hydrogen-bond donors (Lipinski definition) is 1. The average Bonchev–Trinajstić information content (AvgIpc) is 2.76. The molecule has 1 N–H and O–H groups in total. The second kappa shape index (κ2) is 7.27. The summed E-state index contributed by atoms with van der Waals surface area (Å²) in [7, 11) is 1.62. The van der Waals surface area contributed by atoms with Crippen LogP contribution < -0.4 is 0 Å². The summed E-state index contributed by atoms with van der Waals surface area (Å²) in [5.41, 5.74) is 1.31. The number of hydrogen-bond acceptors (Lipinski definition) is 6. The first-order valence-electron chi connectivity index (χ1n) is 11.3. The molecule has 7 heteroatoms. The SMILES string of the molecule is COC1(C2=C(Cl)C(=O)C(=CC=C3C=CN(O)C=C3)C=C2)OOC12C1CC3CC(C1)CC2C3. The number of carbonyl (C=O) groups excluding carboxylic acids is 1. The van der Waals surface area contributed by atoms with Crippen LogP contribution in [-0.4, -0.2) is 34.6 Å². The standard InChI is InChI=1S/C25H26ClNO5/c1-30-25(24(31-32-25)19-11-16-10-17(13-19)14-20(24)12-16)21-5-4-18(23(28)22(21)26)3-2-15-6-8-27(29)9-7-15/h2-9,16-17,19-20,29H,10-14H2,1H3. The maximum atomic E-state index is 13.2. The number of nitrogens with zero attached hydrogens (tertiary/aromatic N) is 1. The molecule has 32 heavy (non-hydrogen) atoms. The van der Waals surface area contributed by atoms with E-state index in [0.29, 0.717) is 23.0 Å². The lowest BCUT2D eigenvalue weighted by Crippen LogP contribution is -2.78. The van der Waals surface area contributed by atoms with Gasteiger partial charge in [0.05, 0.1) is 5.03 Å². The number of Topliss-reactive ketones (excluding diaryl/α,β-unsaturated/α-hetero) is 1. The van der Waals surface area contributed by atoms with Crippen LogP contribution in [0.4, 0.5) is 0 Å². The van der Waals surface area contributed by atoms with Crippen molar-refractivity contribution in [1.29, 1.82) is 0 Å². The molecule has 6 nitrogen and oxygen atoms in total. The van der Waals surface area contributed by atoms with E-state index in [1.54, 1.807) is 37.5 Å². The fourth-order valence-electron chi connectivity index (χ4n) is 7.01. The average molecular weight is 456 g/mol. The van der Waals surface area contributed by atoms with E-state index in [1.807, 2.05) is 6.08 Å². The summed E-state index contributed by atoms with van der Waals surface area (Å²) in [5, 5.41) is 10.4. The molecule has 0 aromatic rings. The van der Waals surface area contributed by atoms with E-state index in [-0.39, 0.29) is 10.8 Å². The fraction of sp³-hybridized carbons (Fsp3) is 0.480. The van der Waals surface area contributed by atoms with Gasteiger partial charge in [-0.25, -0.2) is 9.95 Å². The van der Waals surface area contributed by atoms with Gasteiger partial charge in [-0.1, -0.05) is 35.9 Å². The van der Waals surface area contributed by atoms with Crippen LogP contribution in [0.5, 0.6) is 0 Å². The highest BCUT2D eigenvalue weighted by Gasteiger charge is 2.77. The molecule has 7 aliphatic rings. The molecule has 1 saturated heterocycles. The molecule has 0 amide bonds. The number of methoxy groups -OCH3 is 1. The maximum Gasteiger partial charge on any atom is 0.262 e. The first kappa shape index (κ1) is 20.6. The number of ether oxygens (including phenoxy) is 1. The summed E-state index contributed by atoms with van der Waals surface area (Å²) in [5.74, 6) is 0.814. The molecule has 1 atom stereocenters. The molecule has 7 rings (SSSR count). The zero-order valence-electron chi connectivity index (χ0n) is 17.9. The van der Waals surface area contributed by atoms with Crippen molar-refractivity contribution in [1.82, 2.24) is 5.06 Å². The van der Waals surface area contributed by atoms with Crippen molar-refractivity contribution in [2.75, 3.05) is 7.11 Å². The van der Waals surface area contributed by atoms with Crippen LogP contribution in [0.25, 0.3) is 0 Å². The molecule has 1 spiro atoms. The second-order valence-electron chi connectivity index (χ2n) is 9.78. The van der Waals surface area contributed by atoms with Crippen LogP contribution in [0, 0.1) is 23.7 Å². The third kappa shape index (κ3) is 2.71. The van der Waals surface area contributed by atoms with Gasteiger partial charge >= 0.3 is 0 Å². The Morgan fingerprint density at radius 2 is 1.69 bits per heavy atom. The minimum atomic E-state index is -1.15. The van der Waals surface area contributed by atoms with Crippen molar-refractivity contribution < 1.29 is 24.5 Å². The topological polar surface area (TPSA) is 68.2 Å². The fourth-order valence-corrected chi connectivity index (χ4v) is 7.31. The lowest BCUT2D eigenvalue weighted by molar-refractivity contribution is -0.623. The third-order valence-corrected chi connectivity index (χ3v) is 8.60. The summed E-state index contributed by atoms with van der Waals surface area (Å²) in [6.07, 6.45) is 19.5. The molecule has 4 saturated carbocycles. The van der Waals surface area contributed by atoms with Gasteiger partial charge in [-0.15, -0.1) is 0 Å². The van der Waals surface area contributed by atoms with E-state index in [0.717, 1.165) is 48.2 Å². The number of carbonyl (C=O) groups is 1. The Bertz CT molecular complexity index is 1000. The van der Waals surface area contributed by atoms with Gasteiger partial charge in [0.1, 0.15) is 0 Å². The van der Waals surface area contributed by atoms with Crippen molar-refractivity contribution >= 4 is 17.4 Å². The molecule has 5 aliphatic carbocycles. The van der Waals surface area contributed by atoms with E-state index < -0.39 is 11.4 Å². The van der Waals surface area contributed by atoms with Crippen LogP contribution in [0.2, 0.25) is 0 Å². The van der Waals surface area contributed by atoms with Gasteiger partial charge in [0.15, 0.2) is 5.60 Å². The Morgan fingerprint density at radius 3 is 2.25 bits per heavy atom. The van der Waals surface area contributed by atoms with Crippen molar-refractivity contribution in [2.45, 2.75) is 43.5 Å². The third-order valence-electron chi connectivity index (χ3n) is 8.23.